The largest absolute Gasteiger partial charge is 0.271 e. The Morgan fingerprint density at radius 1 is 1.53 bits per heavy atom. The Morgan fingerprint density at radius 3 is 2.89 bits per heavy atom. The van der Waals surface area contributed by atoms with Gasteiger partial charge in [0.25, 0.3) is 0 Å². The highest BCUT2D eigenvalue weighted by molar-refractivity contribution is 9.10. The predicted molar refractivity (Wildman–Crippen MR) is 75.9 cm³/mol. The van der Waals surface area contributed by atoms with Gasteiger partial charge in [-0.15, -0.1) is 0 Å². The van der Waals surface area contributed by atoms with E-state index >= 15 is 0 Å². The van der Waals surface area contributed by atoms with E-state index in [0.717, 1.165) is 21.3 Å². The van der Waals surface area contributed by atoms with Gasteiger partial charge in [0, 0.05) is 6.54 Å². The highest BCUT2D eigenvalue weighted by Crippen LogP contribution is 2.30. The molecule has 2 aromatic rings. The molecule has 1 aromatic carbocycles. The van der Waals surface area contributed by atoms with Crippen LogP contribution in [0.5, 0.6) is 0 Å². The number of nitrogens with one attached hydrogen (secondary N) is 1. The molecule has 0 saturated carbocycles. The van der Waals surface area contributed by atoms with Crippen molar-refractivity contribution in [2.45, 2.75) is 26.4 Å². The van der Waals surface area contributed by atoms with Crippen LogP contribution in [0.2, 0.25) is 0 Å². The zero-order valence-corrected chi connectivity index (χ0v) is 12.4. The highest BCUT2D eigenvalue weighted by Gasteiger charge is 2.22. The normalized spacial score (nSPS) is 12.7. The van der Waals surface area contributed by atoms with Crippen molar-refractivity contribution in [3.63, 3.8) is 0 Å². The first-order valence-electron chi connectivity index (χ1n) is 6.01. The molecule has 0 aliphatic rings. The van der Waals surface area contributed by atoms with Crippen molar-refractivity contribution >= 4 is 15.9 Å². The van der Waals surface area contributed by atoms with Crippen LogP contribution in [0.15, 0.2) is 28.9 Å². The van der Waals surface area contributed by atoms with Crippen molar-refractivity contribution in [2.24, 2.45) is 5.84 Å². The molecule has 4 nitrogen and oxygen atoms in total. The average Bonchev–Trinajstić information content (AvgIpc) is 2.76. The van der Waals surface area contributed by atoms with Crippen molar-refractivity contribution in [3.05, 3.63) is 51.5 Å². The third kappa shape index (κ3) is 2.70. The van der Waals surface area contributed by atoms with E-state index in [2.05, 4.69) is 26.5 Å². The van der Waals surface area contributed by atoms with Crippen LogP contribution in [0, 0.1) is 12.7 Å². The molecule has 0 aliphatic heterocycles. The Bertz CT molecular complexity index is 582. The van der Waals surface area contributed by atoms with E-state index in [1.807, 2.05) is 18.5 Å². The molecule has 0 radical (unpaired) electrons. The number of halogens is 2. The fourth-order valence-electron chi connectivity index (χ4n) is 2.15. The number of hydrogen-bond donors (Lipinski definition) is 2. The van der Waals surface area contributed by atoms with Crippen LogP contribution in [0.25, 0.3) is 0 Å². The number of hydrazine groups is 1. The Morgan fingerprint density at radius 2 is 2.26 bits per heavy atom. The summed E-state index contributed by atoms with van der Waals surface area (Å²) in [5.41, 5.74) is 5.41. The van der Waals surface area contributed by atoms with Crippen LogP contribution in [-0.4, -0.2) is 9.78 Å². The second-order valence-electron chi connectivity index (χ2n) is 4.29. The predicted octanol–water partition coefficient (Wildman–Crippen LogP) is 2.67. The summed E-state index contributed by atoms with van der Waals surface area (Å²) in [5.74, 6) is 5.39. The molecule has 0 fully saturated rings. The standard InChI is InChI=1S/C13H16BrFN4/c1-3-19-13(11(14)7-17-19)12(18-16)10-6-9(15)5-4-8(10)2/h4-7,12,18H,3,16H2,1-2H3. The average molecular weight is 327 g/mol. The number of rotatable bonds is 4. The molecule has 3 N–H and O–H groups in total. The third-order valence-electron chi connectivity index (χ3n) is 3.13. The van der Waals surface area contributed by atoms with E-state index in [-0.39, 0.29) is 11.9 Å². The fourth-order valence-corrected chi connectivity index (χ4v) is 2.67. The maximum absolute atomic E-state index is 13.5. The molecular weight excluding hydrogens is 311 g/mol. The molecule has 0 saturated heterocycles. The van der Waals surface area contributed by atoms with Gasteiger partial charge in [-0.2, -0.15) is 5.10 Å². The zero-order valence-electron chi connectivity index (χ0n) is 10.8. The summed E-state index contributed by atoms with van der Waals surface area (Å²) in [4.78, 5) is 0. The summed E-state index contributed by atoms with van der Waals surface area (Å²) < 4.78 is 16.1. The number of aryl methyl sites for hydroxylation is 2. The van der Waals surface area contributed by atoms with Gasteiger partial charge in [0.2, 0.25) is 0 Å². The minimum atomic E-state index is -0.312. The van der Waals surface area contributed by atoms with E-state index in [1.165, 1.54) is 12.1 Å². The first-order valence-corrected chi connectivity index (χ1v) is 6.81. The highest BCUT2D eigenvalue weighted by atomic mass is 79.9. The van der Waals surface area contributed by atoms with E-state index in [0.29, 0.717) is 6.54 Å². The fraction of sp³-hybridized carbons (Fsp3) is 0.308. The summed E-state index contributed by atoms with van der Waals surface area (Å²) >= 11 is 3.47. The molecule has 0 spiro atoms. The smallest absolute Gasteiger partial charge is 0.123 e. The summed E-state index contributed by atoms with van der Waals surface area (Å²) in [5, 5.41) is 4.26. The van der Waals surface area contributed by atoms with Crippen LogP contribution in [-0.2, 0) is 6.54 Å². The minimum Gasteiger partial charge on any atom is -0.271 e. The van der Waals surface area contributed by atoms with Gasteiger partial charge < -0.3 is 0 Å². The van der Waals surface area contributed by atoms with Crippen LogP contribution < -0.4 is 11.3 Å². The van der Waals surface area contributed by atoms with Crippen LogP contribution >= 0.6 is 15.9 Å². The lowest BCUT2D eigenvalue weighted by Crippen LogP contribution is -2.31. The van der Waals surface area contributed by atoms with Crippen LogP contribution in [0.1, 0.15) is 29.8 Å². The van der Waals surface area contributed by atoms with E-state index in [1.54, 1.807) is 12.3 Å². The molecule has 2 rings (SSSR count). The van der Waals surface area contributed by atoms with Crippen molar-refractivity contribution < 1.29 is 4.39 Å². The van der Waals surface area contributed by atoms with Gasteiger partial charge >= 0.3 is 0 Å². The quantitative estimate of drug-likeness (QED) is 0.671. The van der Waals surface area contributed by atoms with Crippen molar-refractivity contribution in [1.82, 2.24) is 15.2 Å². The summed E-state index contributed by atoms with van der Waals surface area (Å²) in [7, 11) is 0. The Kier molecular flexibility index (Phi) is 4.34. The molecule has 6 heteroatoms. The lowest BCUT2D eigenvalue weighted by Gasteiger charge is -2.20. The number of hydrogen-bond acceptors (Lipinski definition) is 3. The Hall–Kier alpha value is -1.24. The molecule has 0 aliphatic carbocycles. The first-order chi connectivity index (χ1) is 9.08. The SMILES string of the molecule is CCn1ncc(Br)c1C(NN)c1cc(F)ccc1C. The van der Waals surface area contributed by atoms with Gasteiger partial charge in [0.05, 0.1) is 22.4 Å². The number of benzene rings is 1. The number of nitrogens with two attached hydrogens (primary N) is 1. The topological polar surface area (TPSA) is 55.9 Å². The van der Waals surface area contributed by atoms with Crippen molar-refractivity contribution in [2.75, 3.05) is 0 Å². The van der Waals surface area contributed by atoms with Gasteiger partial charge in [0.15, 0.2) is 0 Å². The number of aromatic nitrogens is 2. The van der Waals surface area contributed by atoms with Crippen LogP contribution in [0.4, 0.5) is 4.39 Å². The lowest BCUT2D eigenvalue weighted by molar-refractivity contribution is 0.536. The van der Waals surface area contributed by atoms with E-state index in [9.17, 15) is 4.39 Å². The van der Waals surface area contributed by atoms with Crippen molar-refractivity contribution in [1.29, 1.82) is 0 Å². The van der Waals surface area contributed by atoms with E-state index in [4.69, 9.17) is 5.84 Å². The van der Waals surface area contributed by atoms with E-state index < -0.39 is 0 Å². The van der Waals surface area contributed by atoms with Gasteiger partial charge in [-0.25, -0.2) is 9.82 Å². The molecule has 1 heterocycles. The summed E-state index contributed by atoms with van der Waals surface area (Å²) in [6.45, 7) is 4.64. The van der Waals surface area contributed by atoms with Crippen LogP contribution in [0.3, 0.4) is 0 Å². The summed E-state index contributed by atoms with van der Waals surface area (Å²) in [6, 6.07) is 4.38. The maximum atomic E-state index is 13.5. The summed E-state index contributed by atoms with van der Waals surface area (Å²) in [6.07, 6.45) is 1.72. The Balaban J connectivity index is 2.56. The Labute approximate surface area is 119 Å². The molecular formula is C13H16BrFN4. The zero-order chi connectivity index (χ0) is 14.0. The van der Waals surface area contributed by atoms with Crippen molar-refractivity contribution in [3.8, 4) is 0 Å². The lowest BCUT2D eigenvalue weighted by atomic mass is 9.99. The molecule has 1 atom stereocenters. The maximum Gasteiger partial charge on any atom is 0.123 e. The molecule has 102 valence electrons. The molecule has 0 bridgehead atoms. The molecule has 0 amide bonds. The minimum absolute atomic E-state index is 0.278. The molecule has 19 heavy (non-hydrogen) atoms. The monoisotopic (exact) mass is 326 g/mol. The second kappa shape index (κ2) is 5.81. The van der Waals surface area contributed by atoms with Gasteiger partial charge in [-0.1, -0.05) is 6.07 Å². The first kappa shape index (κ1) is 14.2. The third-order valence-corrected chi connectivity index (χ3v) is 3.74. The van der Waals surface area contributed by atoms with Gasteiger partial charge in [-0.3, -0.25) is 10.5 Å². The molecule has 1 unspecified atom stereocenters. The number of nitrogens with zero attached hydrogens (tertiary/aromatic N) is 2. The molecule has 1 aromatic heterocycles. The van der Waals surface area contributed by atoms with Gasteiger partial charge in [0.1, 0.15) is 5.82 Å². The van der Waals surface area contributed by atoms with Gasteiger partial charge in [-0.05, 0) is 53.0 Å². The second-order valence-corrected chi connectivity index (χ2v) is 5.15.